The molecule has 0 radical (unpaired) electrons. The summed E-state index contributed by atoms with van der Waals surface area (Å²) in [5.74, 6) is -0.179. The molecule has 1 atom stereocenters. The van der Waals surface area contributed by atoms with Crippen LogP contribution in [0.2, 0.25) is 0 Å². The number of unbranched alkanes of at least 4 members (excludes halogenated alkanes) is 10. The van der Waals surface area contributed by atoms with Gasteiger partial charge in [0.15, 0.2) is 0 Å². The van der Waals surface area contributed by atoms with Crippen LogP contribution in [0.5, 0.6) is 0 Å². The number of allylic oxidation sites excluding steroid dienone is 2. The van der Waals surface area contributed by atoms with Crippen LogP contribution in [-0.4, -0.2) is 16.8 Å². The van der Waals surface area contributed by atoms with E-state index >= 15 is 0 Å². The van der Waals surface area contributed by atoms with Gasteiger partial charge in [-0.25, -0.2) is 0 Å². The molecule has 0 heterocycles. The number of rotatable bonds is 17. The van der Waals surface area contributed by atoms with Gasteiger partial charge in [-0.3, -0.25) is 4.79 Å². The van der Waals surface area contributed by atoms with E-state index in [1.807, 2.05) is 0 Å². The molecule has 0 aliphatic carbocycles. The second-order valence-electron chi connectivity index (χ2n) is 6.57. The number of aliphatic carboxylic acids is 1. The lowest BCUT2D eigenvalue weighted by Gasteiger charge is -2.10. The van der Waals surface area contributed by atoms with E-state index in [0.29, 0.717) is 12.2 Å². The van der Waals surface area contributed by atoms with Gasteiger partial charge < -0.3 is 5.11 Å². The van der Waals surface area contributed by atoms with Crippen LogP contribution < -0.4 is 0 Å². The lowest BCUT2D eigenvalue weighted by molar-refractivity contribution is -0.142. The van der Waals surface area contributed by atoms with Crippen molar-refractivity contribution in [2.24, 2.45) is 5.92 Å². The Hall–Kier alpha value is -0.0900. The quantitative estimate of drug-likeness (QED) is 0.167. The highest BCUT2D eigenvalue weighted by Crippen LogP contribution is 2.16. The first-order chi connectivity index (χ1) is 11.2. The number of thiol groups is 1. The third kappa shape index (κ3) is 18.3. The molecular formula is C20H40O2S2. The van der Waals surface area contributed by atoms with Crippen molar-refractivity contribution in [1.29, 1.82) is 0 Å². The monoisotopic (exact) mass is 376 g/mol. The summed E-state index contributed by atoms with van der Waals surface area (Å²) in [4.78, 5) is 11.0. The van der Waals surface area contributed by atoms with Gasteiger partial charge in [0.25, 0.3) is 0 Å². The topological polar surface area (TPSA) is 37.3 Å². The highest BCUT2D eigenvalue weighted by Gasteiger charge is 2.15. The first-order valence-corrected chi connectivity index (χ1v) is 10.3. The summed E-state index contributed by atoms with van der Waals surface area (Å²) < 4.78 is 0. The standard InChI is InChI=1S/C20H38O2S.H2S/c1-2-3-4-5-6-7-8-9-10-11-12-13-14-15-16-19(17-18-23)20(21)22;/h9-10,19,23H,2-8,11-18H2,1H3,(H,21,22);1H2/b10-9-;. The number of hydrogen-bond acceptors (Lipinski definition) is 2. The Bertz CT molecular complexity index is 293. The lowest BCUT2D eigenvalue weighted by atomic mass is 9.98. The molecule has 0 aromatic carbocycles. The molecule has 0 spiro atoms. The number of carboxylic acid groups (broad SMARTS) is 1. The zero-order chi connectivity index (χ0) is 17.2. The summed E-state index contributed by atoms with van der Waals surface area (Å²) in [5, 5.41) is 9.07. The van der Waals surface area contributed by atoms with Crippen molar-refractivity contribution < 1.29 is 9.90 Å². The normalized spacial score (nSPS) is 12.2. The van der Waals surface area contributed by atoms with E-state index in [1.54, 1.807) is 0 Å². The minimum Gasteiger partial charge on any atom is -0.481 e. The minimum absolute atomic E-state index is 0. The van der Waals surface area contributed by atoms with Crippen molar-refractivity contribution in [3.8, 4) is 0 Å². The molecule has 4 heteroatoms. The molecule has 2 nitrogen and oxygen atoms in total. The molecule has 0 fully saturated rings. The Balaban J connectivity index is 0. The molecule has 144 valence electrons. The molecule has 0 aromatic rings. The van der Waals surface area contributed by atoms with Crippen molar-refractivity contribution in [2.45, 2.75) is 96.8 Å². The molecule has 0 amide bonds. The van der Waals surface area contributed by atoms with Gasteiger partial charge in [0.2, 0.25) is 0 Å². The smallest absolute Gasteiger partial charge is 0.306 e. The predicted molar refractivity (Wildman–Crippen MR) is 115 cm³/mol. The van der Waals surface area contributed by atoms with Gasteiger partial charge in [0.1, 0.15) is 0 Å². The third-order valence-electron chi connectivity index (χ3n) is 4.39. The summed E-state index contributed by atoms with van der Waals surface area (Å²) in [5.41, 5.74) is 0. The van der Waals surface area contributed by atoms with Crippen molar-refractivity contribution >= 4 is 32.1 Å². The van der Waals surface area contributed by atoms with Crippen molar-refractivity contribution in [1.82, 2.24) is 0 Å². The maximum Gasteiger partial charge on any atom is 0.306 e. The highest BCUT2D eigenvalue weighted by atomic mass is 32.1. The molecule has 0 rings (SSSR count). The van der Waals surface area contributed by atoms with Gasteiger partial charge >= 0.3 is 5.97 Å². The van der Waals surface area contributed by atoms with Gasteiger partial charge in [0.05, 0.1) is 5.92 Å². The van der Waals surface area contributed by atoms with Crippen LogP contribution in [-0.2, 0) is 4.79 Å². The molecule has 0 saturated heterocycles. The highest BCUT2D eigenvalue weighted by molar-refractivity contribution is 7.80. The zero-order valence-electron chi connectivity index (χ0n) is 15.6. The van der Waals surface area contributed by atoms with Gasteiger partial charge in [0, 0.05) is 0 Å². The molecule has 0 bridgehead atoms. The van der Waals surface area contributed by atoms with Crippen LogP contribution in [0.1, 0.15) is 96.8 Å². The average molecular weight is 377 g/mol. The Morgan fingerprint density at radius 3 is 1.88 bits per heavy atom. The van der Waals surface area contributed by atoms with Crippen LogP contribution in [0.3, 0.4) is 0 Å². The van der Waals surface area contributed by atoms with E-state index in [4.69, 9.17) is 5.11 Å². The van der Waals surface area contributed by atoms with Crippen LogP contribution >= 0.6 is 26.1 Å². The molecule has 1 N–H and O–H groups in total. The predicted octanol–water partition coefficient (Wildman–Crippen LogP) is 6.77. The summed E-state index contributed by atoms with van der Waals surface area (Å²) >= 11 is 4.13. The van der Waals surface area contributed by atoms with E-state index in [9.17, 15) is 4.79 Å². The van der Waals surface area contributed by atoms with Crippen LogP contribution in [0, 0.1) is 5.92 Å². The molecule has 0 aliphatic heterocycles. The van der Waals surface area contributed by atoms with E-state index in [0.717, 1.165) is 19.3 Å². The number of carbonyl (C=O) groups is 1. The Kier molecular flexibility index (Phi) is 22.8. The van der Waals surface area contributed by atoms with Gasteiger partial charge in [-0.05, 0) is 44.3 Å². The second-order valence-corrected chi connectivity index (χ2v) is 7.01. The summed E-state index contributed by atoms with van der Waals surface area (Å²) in [6.45, 7) is 2.26. The summed E-state index contributed by atoms with van der Waals surface area (Å²) in [6, 6.07) is 0. The van der Waals surface area contributed by atoms with Crippen LogP contribution in [0.25, 0.3) is 0 Å². The molecule has 24 heavy (non-hydrogen) atoms. The van der Waals surface area contributed by atoms with Crippen molar-refractivity contribution in [2.75, 3.05) is 5.75 Å². The van der Waals surface area contributed by atoms with Crippen molar-refractivity contribution in [3.63, 3.8) is 0 Å². The fourth-order valence-corrected chi connectivity index (χ4v) is 3.14. The van der Waals surface area contributed by atoms with Crippen molar-refractivity contribution in [3.05, 3.63) is 12.2 Å². The summed E-state index contributed by atoms with van der Waals surface area (Å²) in [6.07, 6.45) is 21.4. The minimum atomic E-state index is -0.656. The van der Waals surface area contributed by atoms with Gasteiger partial charge in [-0.1, -0.05) is 70.4 Å². The maximum absolute atomic E-state index is 11.0. The molecule has 0 aliphatic rings. The zero-order valence-corrected chi connectivity index (χ0v) is 17.5. The number of hydrogen-bond donors (Lipinski definition) is 2. The fraction of sp³-hybridized carbons (Fsp3) is 0.850. The Morgan fingerprint density at radius 1 is 0.875 bits per heavy atom. The van der Waals surface area contributed by atoms with Crippen LogP contribution in [0.15, 0.2) is 12.2 Å². The first kappa shape index (κ1) is 26.1. The van der Waals surface area contributed by atoms with Gasteiger partial charge in [-0.15, -0.1) is 0 Å². The van der Waals surface area contributed by atoms with Gasteiger partial charge in [-0.2, -0.15) is 26.1 Å². The first-order valence-electron chi connectivity index (χ1n) is 9.71. The molecule has 0 aromatic heterocycles. The maximum atomic E-state index is 11.0. The number of carboxylic acids is 1. The molecule has 1 unspecified atom stereocenters. The SMILES string of the molecule is CCCCCCCC/C=C\CCCCCCC(CCS)C(=O)O.S. The van der Waals surface area contributed by atoms with E-state index in [2.05, 4.69) is 31.7 Å². The van der Waals surface area contributed by atoms with E-state index in [1.165, 1.54) is 64.2 Å². The van der Waals surface area contributed by atoms with E-state index in [-0.39, 0.29) is 19.4 Å². The molecule has 0 saturated carbocycles. The fourth-order valence-electron chi connectivity index (χ4n) is 2.83. The largest absolute Gasteiger partial charge is 0.481 e. The Labute approximate surface area is 162 Å². The lowest BCUT2D eigenvalue weighted by Crippen LogP contribution is -2.14. The Morgan fingerprint density at radius 2 is 1.38 bits per heavy atom. The second kappa shape index (κ2) is 21.0. The van der Waals surface area contributed by atoms with E-state index < -0.39 is 5.97 Å². The third-order valence-corrected chi connectivity index (χ3v) is 4.65. The molecular weight excluding hydrogens is 336 g/mol. The van der Waals surface area contributed by atoms with Crippen LogP contribution in [0.4, 0.5) is 0 Å². The average Bonchev–Trinajstić information content (AvgIpc) is 2.54. The summed E-state index contributed by atoms with van der Waals surface area (Å²) in [7, 11) is 0.